The molecule has 0 saturated carbocycles. The number of aromatic hydroxyl groups is 1. The molecule has 4 heteroatoms. The fourth-order valence-corrected chi connectivity index (χ4v) is 2.80. The summed E-state index contributed by atoms with van der Waals surface area (Å²) in [4.78, 5) is 23.7. The molecule has 96 valence electrons. The average molecular weight is 263 g/mol. The van der Waals surface area contributed by atoms with Crippen molar-refractivity contribution in [2.24, 2.45) is 0 Å². The molecule has 0 radical (unpaired) electrons. The average Bonchev–Trinajstić information content (AvgIpc) is 2.44. The van der Waals surface area contributed by atoms with Crippen LogP contribution in [0.2, 0.25) is 0 Å². The Kier molecular flexibility index (Phi) is 1.96. The summed E-state index contributed by atoms with van der Waals surface area (Å²) in [5.74, 6) is -1.30. The van der Waals surface area contributed by atoms with E-state index in [2.05, 4.69) is 5.32 Å². The van der Waals surface area contributed by atoms with Gasteiger partial charge in [-0.25, -0.2) is 0 Å². The highest BCUT2D eigenvalue weighted by molar-refractivity contribution is 6.52. The van der Waals surface area contributed by atoms with Crippen LogP contribution in [0.4, 0.5) is 5.69 Å². The summed E-state index contributed by atoms with van der Waals surface area (Å²) in [7, 11) is 0. The Morgan fingerprint density at radius 3 is 2.60 bits per heavy atom. The number of rotatable bonds is 0. The number of amides is 1. The van der Waals surface area contributed by atoms with E-state index in [1.54, 1.807) is 6.07 Å². The van der Waals surface area contributed by atoms with Crippen LogP contribution >= 0.6 is 0 Å². The number of benzene rings is 3. The van der Waals surface area contributed by atoms with E-state index in [-0.39, 0.29) is 11.3 Å². The summed E-state index contributed by atoms with van der Waals surface area (Å²) in [5, 5.41) is 15.8. The first-order chi connectivity index (χ1) is 9.65. The van der Waals surface area contributed by atoms with Gasteiger partial charge in [-0.1, -0.05) is 24.3 Å². The number of nitrogens with one attached hydrogen (secondary N) is 1. The number of phenolic OH excluding ortho intramolecular Hbond substituents is 1. The SMILES string of the molecule is O=C1Nc2cc3ccccc3c3cc(O)cc(c23)C1=O. The van der Waals surface area contributed by atoms with Crippen LogP contribution in [0.15, 0.2) is 42.5 Å². The van der Waals surface area contributed by atoms with Crippen molar-refractivity contribution in [1.29, 1.82) is 0 Å². The molecule has 1 amide bonds. The van der Waals surface area contributed by atoms with Crippen molar-refractivity contribution in [2.45, 2.75) is 0 Å². The standard InChI is InChI=1S/C16H9NO3/c18-9-6-11-10-4-2-1-3-8(10)5-13-14(11)12(7-9)15(19)16(20)17-13/h1-7,18H,(H,17,20). The minimum absolute atomic E-state index is 0.0159. The largest absolute Gasteiger partial charge is 0.508 e. The summed E-state index contributed by atoms with van der Waals surface area (Å²) in [6.45, 7) is 0. The summed E-state index contributed by atoms with van der Waals surface area (Å²) < 4.78 is 0. The van der Waals surface area contributed by atoms with Gasteiger partial charge < -0.3 is 10.4 Å². The van der Waals surface area contributed by atoms with Gasteiger partial charge in [0.05, 0.1) is 5.69 Å². The molecule has 0 unspecified atom stereocenters. The number of anilines is 1. The molecule has 1 aliphatic heterocycles. The van der Waals surface area contributed by atoms with Gasteiger partial charge in [0.1, 0.15) is 5.75 Å². The number of hydrogen-bond donors (Lipinski definition) is 2. The molecule has 1 heterocycles. The van der Waals surface area contributed by atoms with Gasteiger partial charge in [-0.05, 0) is 34.4 Å². The zero-order valence-electron chi connectivity index (χ0n) is 10.3. The van der Waals surface area contributed by atoms with Crippen LogP contribution in [0.3, 0.4) is 0 Å². The smallest absolute Gasteiger partial charge is 0.296 e. The Morgan fingerprint density at radius 1 is 0.950 bits per heavy atom. The molecule has 0 atom stereocenters. The third-order valence-corrected chi connectivity index (χ3v) is 3.64. The van der Waals surface area contributed by atoms with Gasteiger partial charge in [-0.15, -0.1) is 0 Å². The van der Waals surface area contributed by atoms with Gasteiger partial charge in [-0.3, -0.25) is 9.59 Å². The Morgan fingerprint density at radius 2 is 1.75 bits per heavy atom. The predicted molar refractivity (Wildman–Crippen MR) is 76.1 cm³/mol. The summed E-state index contributed by atoms with van der Waals surface area (Å²) >= 11 is 0. The molecule has 0 aliphatic carbocycles. The second kappa shape index (κ2) is 3.57. The lowest BCUT2D eigenvalue weighted by Gasteiger charge is -2.18. The van der Waals surface area contributed by atoms with Crippen LogP contribution in [0.25, 0.3) is 21.5 Å². The normalized spacial score (nSPS) is 13.8. The molecule has 0 aromatic heterocycles. The topological polar surface area (TPSA) is 66.4 Å². The molecule has 3 aromatic rings. The second-order valence-electron chi connectivity index (χ2n) is 4.84. The molecule has 0 spiro atoms. The van der Waals surface area contributed by atoms with Crippen molar-refractivity contribution in [3.63, 3.8) is 0 Å². The summed E-state index contributed by atoms with van der Waals surface area (Å²) in [5.41, 5.74) is 0.864. The van der Waals surface area contributed by atoms with E-state index in [9.17, 15) is 14.7 Å². The zero-order valence-corrected chi connectivity index (χ0v) is 10.3. The van der Waals surface area contributed by atoms with Crippen LogP contribution < -0.4 is 5.32 Å². The number of carbonyl (C=O) groups is 2. The van der Waals surface area contributed by atoms with E-state index in [1.807, 2.05) is 30.3 Å². The van der Waals surface area contributed by atoms with Crippen molar-refractivity contribution in [2.75, 3.05) is 5.32 Å². The number of phenols is 1. The highest BCUT2D eigenvalue weighted by Gasteiger charge is 2.27. The highest BCUT2D eigenvalue weighted by Crippen LogP contribution is 2.38. The third-order valence-electron chi connectivity index (χ3n) is 3.64. The number of ketones is 1. The molecule has 0 bridgehead atoms. The van der Waals surface area contributed by atoms with Crippen LogP contribution in [-0.2, 0) is 4.79 Å². The van der Waals surface area contributed by atoms with Crippen LogP contribution in [-0.4, -0.2) is 16.8 Å². The van der Waals surface area contributed by atoms with Crippen LogP contribution in [0, 0.1) is 0 Å². The first-order valence-electron chi connectivity index (χ1n) is 6.19. The van der Waals surface area contributed by atoms with Gasteiger partial charge in [0.25, 0.3) is 11.7 Å². The summed E-state index contributed by atoms with van der Waals surface area (Å²) in [6, 6.07) is 12.5. The van der Waals surface area contributed by atoms with Crippen molar-refractivity contribution in [3.05, 3.63) is 48.0 Å². The van der Waals surface area contributed by atoms with Crippen LogP contribution in [0.1, 0.15) is 10.4 Å². The van der Waals surface area contributed by atoms with Gasteiger partial charge in [0.15, 0.2) is 0 Å². The quantitative estimate of drug-likeness (QED) is 0.484. The molecule has 0 saturated heterocycles. The number of carbonyl (C=O) groups excluding carboxylic acids is 2. The Hall–Kier alpha value is -2.88. The lowest BCUT2D eigenvalue weighted by molar-refractivity contribution is -0.112. The Labute approximate surface area is 113 Å². The fourth-order valence-electron chi connectivity index (χ4n) is 2.80. The second-order valence-corrected chi connectivity index (χ2v) is 4.84. The number of hydrogen-bond acceptors (Lipinski definition) is 3. The maximum Gasteiger partial charge on any atom is 0.296 e. The minimum Gasteiger partial charge on any atom is -0.508 e. The number of Topliss-reactive ketones (excluding diaryl/α,β-unsaturated/α-hetero) is 1. The van der Waals surface area contributed by atoms with Crippen molar-refractivity contribution in [3.8, 4) is 5.75 Å². The van der Waals surface area contributed by atoms with E-state index in [0.29, 0.717) is 11.1 Å². The van der Waals surface area contributed by atoms with E-state index in [4.69, 9.17) is 0 Å². The van der Waals surface area contributed by atoms with Crippen molar-refractivity contribution < 1.29 is 14.7 Å². The first kappa shape index (κ1) is 11.0. The predicted octanol–water partition coefficient (Wildman–Crippen LogP) is 2.83. The maximum atomic E-state index is 12.0. The zero-order chi connectivity index (χ0) is 13.9. The maximum absolute atomic E-state index is 12.0. The number of fused-ring (bicyclic) bond motifs is 2. The molecular weight excluding hydrogens is 254 g/mol. The Balaban J connectivity index is 2.31. The van der Waals surface area contributed by atoms with Gasteiger partial charge in [-0.2, -0.15) is 0 Å². The van der Waals surface area contributed by atoms with E-state index < -0.39 is 11.7 Å². The van der Waals surface area contributed by atoms with Gasteiger partial charge in [0.2, 0.25) is 0 Å². The monoisotopic (exact) mass is 263 g/mol. The van der Waals surface area contributed by atoms with E-state index in [0.717, 1.165) is 16.2 Å². The van der Waals surface area contributed by atoms with E-state index >= 15 is 0 Å². The molecule has 0 fully saturated rings. The molecule has 1 aliphatic rings. The van der Waals surface area contributed by atoms with Crippen molar-refractivity contribution in [1.82, 2.24) is 0 Å². The molecule has 4 rings (SSSR count). The Bertz CT molecular complexity index is 928. The molecule has 2 N–H and O–H groups in total. The minimum atomic E-state index is -0.667. The van der Waals surface area contributed by atoms with Crippen LogP contribution in [0.5, 0.6) is 5.75 Å². The molecule has 4 nitrogen and oxygen atoms in total. The first-order valence-corrected chi connectivity index (χ1v) is 6.19. The lowest BCUT2D eigenvalue weighted by atomic mass is 9.92. The summed E-state index contributed by atoms with van der Waals surface area (Å²) in [6.07, 6.45) is 0. The highest BCUT2D eigenvalue weighted by atomic mass is 16.3. The molecule has 20 heavy (non-hydrogen) atoms. The van der Waals surface area contributed by atoms with Gasteiger partial charge in [0, 0.05) is 10.9 Å². The molecule has 3 aromatic carbocycles. The van der Waals surface area contributed by atoms with E-state index in [1.165, 1.54) is 6.07 Å². The molecular formula is C16H9NO3. The van der Waals surface area contributed by atoms with Gasteiger partial charge >= 0.3 is 0 Å². The van der Waals surface area contributed by atoms with Crippen molar-refractivity contribution >= 4 is 38.9 Å². The fraction of sp³-hybridized carbons (Fsp3) is 0. The third kappa shape index (κ3) is 1.30. The lowest BCUT2D eigenvalue weighted by Crippen LogP contribution is -2.27.